The Bertz CT molecular complexity index is 449. The number of carbonyl (C=O) groups excluding carboxylic acids is 1. The molecule has 1 rings (SSSR count). The van der Waals surface area contributed by atoms with Crippen LogP contribution in [0.5, 0.6) is 11.5 Å². The van der Waals surface area contributed by atoms with Crippen LogP contribution in [0, 0.1) is 11.3 Å². The lowest BCUT2D eigenvalue weighted by Gasteiger charge is -2.07. The van der Waals surface area contributed by atoms with E-state index in [1.807, 2.05) is 0 Å². The fraction of sp³-hybridized carbons (Fsp3) is 0.273. The van der Waals surface area contributed by atoms with E-state index in [2.05, 4.69) is 0 Å². The molecule has 16 heavy (non-hydrogen) atoms. The van der Waals surface area contributed by atoms with Gasteiger partial charge < -0.3 is 15.6 Å². The summed E-state index contributed by atoms with van der Waals surface area (Å²) in [5, 5.41) is 18.3. The standard InChI is InChI=1S/C11H12N2O3/c1-16-10-5-7(9(14)2-3-12)4-8(6-13)11(10)15/h4-5,15H,2-3,12H2,1H3. The fourth-order valence-electron chi connectivity index (χ4n) is 1.29. The van der Waals surface area contributed by atoms with Crippen molar-refractivity contribution in [3.8, 4) is 17.6 Å². The third-order valence-electron chi connectivity index (χ3n) is 2.11. The summed E-state index contributed by atoms with van der Waals surface area (Å²) >= 11 is 0. The summed E-state index contributed by atoms with van der Waals surface area (Å²) in [6.45, 7) is 0.240. The number of aromatic hydroxyl groups is 1. The van der Waals surface area contributed by atoms with Crippen LogP contribution in [0.1, 0.15) is 22.3 Å². The van der Waals surface area contributed by atoms with Gasteiger partial charge in [-0.15, -0.1) is 0 Å². The maximum absolute atomic E-state index is 11.6. The maximum Gasteiger partial charge on any atom is 0.175 e. The van der Waals surface area contributed by atoms with Crippen molar-refractivity contribution in [1.29, 1.82) is 5.26 Å². The molecule has 0 unspecified atom stereocenters. The van der Waals surface area contributed by atoms with Crippen LogP contribution in [0.3, 0.4) is 0 Å². The number of hydrogen-bond acceptors (Lipinski definition) is 5. The van der Waals surface area contributed by atoms with Crippen LogP contribution in [-0.2, 0) is 0 Å². The van der Waals surface area contributed by atoms with Gasteiger partial charge in [0, 0.05) is 12.0 Å². The van der Waals surface area contributed by atoms with Gasteiger partial charge in [-0.25, -0.2) is 0 Å². The average molecular weight is 220 g/mol. The first kappa shape index (κ1) is 12.0. The molecule has 0 fully saturated rings. The van der Waals surface area contributed by atoms with Crippen molar-refractivity contribution in [2.45, 2.75) is 6.42 Å². The monoisotopic (exact) mass is 220 g/mol. The molecular weight excluding hydrogens is 208 g/mol. The number of hydrogen-bond donors (Lipinski definition) is 2. The van der Waals surface area contributed by atoms with E-state index in [0.29, 0.717) is 5.56 Å². The Labute approximate surface area is 93.1 Å². The number of ketones is 1. The van der Waals surface area contributed by atoms with E-state index in [-0.39, 0.29) is 35.8 Å². The van der Waals surface area contributed by atoms with Crippen LogP contribution >= 0.6 is 0 Å². The van der Waals surface area contributed by atoms with Crippen LogP contribution in [0.25, 0.3) is 0 Å². The van der Waals surface area contributed by atoms with E-state index < -0.39 is 0 Å². The molecule has 0 bridgehead atoms. The zero-order valence-electron chi connectivity index (χ0n) is 8.86. The number of nitriles is 1. The molecule has 5 heteroatoms. The van der Waals surface area contributed by atoms with E-state index in [4.69, 9.17) is 15.7 Å². The molecule has 0 heterocycles. The maximum atomic E-state index is 11.6. The Hall–Kier alpha value is -2.06. The van der Waals surface area contributed by atoms with Gasteiger partial charge in [0.1, 0.15) is 6.07 Å². The second kappa shape index (κ2) is 5.14. The highest BCUT2D eigenvalue weighted by Gasteiger charge is 2.14. The molecule has 0 aromatic heterocycles. The highest BCUT2D eigenvalue weighted by molar-refractivity contribution is 5.97. The average Bonchev–Trinajstić information content (AvgIpc) is 2.29. The third-order valence-corrected chi connectivity index (χ3v) is 2.11. The third kappa shape index (κ3) is 2.30. The van der Waals surface area contributed by atoms with Crippen molar-refractivity contribution in [3.05, 3.63) is 23.3 Å². The normalized spacial score (nSPS) is 9.56. The zero-order valence-corrected chi connectivity index (χ0v) is 8.86. The van der Waals surface area contributed by atoms with Crippen LogP contribution in [0.15, 0.2) is 12.1 Å². The van der Waals surface area contributed by atoms with Crippen molar-refractivity contribution in [2.75, 3.05) is 13.7 Å². The summed E-state index contributed by atoms with van der Waals surface area (Å²) in [4.78, 5) is 11.6. The van der Waals surface area contributed by atoms with Gasteiger partial charge in [-0.3, -0.25) is 4.79 Å². The van der Waals surface area contributed by atoms with Crippen LogP contribution in [-0.4, -0.2) is 24.5 Å². The highest BCUT2D eigenvalue weighted by Crippen LogP contribution is 2.31. The summed E-state index contributed by atoms with van der Waals surface area (Å²) < 4.78 is 4.87. The van der Waals surface area contributed by atoms with E-state index in [1.54, 1.807) is 6.07 Å². The second-order valence-corrected chi connectivity index (χ2v) is 3.15. The number of methoxy groups -OCH3 is 1. The lowest BCUT2D eigenvalue weighted by molar-refractivity contribution is 0.0985. The molecule has 0 radical (unpaired) electrons. The van der Waals surface area contributed by atoms with Gasteiger partial charge >= 0.3 is 0 Å². The van der Waals surface area contributed by atoms with E-state index >= 15 is 0 Å². The first-order valence-electron chi connectivity index (χ1n) is 4.68. The van der Waals surface area contributed by atoms with Crippen molar-refractivity contribution in [2.24, 2.45) is 5.73 Å². The topological polar surface area (TPSA) is 96.3 Å². The minimum absolute atomic E-state index is 0.0136. The number of phenolic OH excluding ortho intramolecular Hbond substituents is 1. The van der Waals surface area contributed by atoms with Gasteiger partial charge in [0.25, 0.3) is 0 Å². The lowest BCUT2D eigenvalue weighted by atomic mass is 10.0. The predicted octanol–water partition coefficient (Wildman–Crippen LogP) is 0.804. The molecule has 0 aliphatic heterocycles. The van der Waals surface area contributed by atoms with Crippen LogP contribution in [0.4, 0.5) is 0 Å². The second-order valence-electron chi connectivity index (χ2n) is 3.15. The molecule has 0 amide bonds. The van der Waals surface area contributed by atoms with Gasteiger partial charge in [0.15, 0.2) is 17.3 Å². The van der Waals surface area contributed by atoms with Gasteiger partial charge in [-0.2, -0.15) is 5.26 Å². The molecular formula is C11H12N2O3. The minimum Gasteiger partial charge on any atom is -0.503 e. The van der Waals surface area contributed by atoms with Crippen molar-refractivity contribution in [1.82, 2.24) is 0 Å². The summed E-state index contributed by atoms with van der Waals surface area (Å²) in [6, 6.07) is 4.52. The largest absolute Gasteiger partial charge is 0.503 e. The van der Waals surface area contributed by atoms with Gasteiger partial charge in [-0.1, -0.05) is 0 Å². The minimum atomic E-state index is -0.255. The number of benzene rings is 1. The number of carbonyl (C=O) groups is 1. The molecule has 5 nitrogen and oxygen atoms in total. The summed E-state index contributed by atoms with van der Waals surface area (Å²) in [6.07, 6.45) is 0.193. The summed E-state index contributed by atoms with van der Waals surface area (Å²) in [5.41, 5.74) is 5.60. The summed E-state index contributed by atoms with van der Waals surface area (Å²) in [7, 11) is 1.35. The van der Waals surface area contributed by atoms with Gasteiger partial charge in [0.2, 0.25) is 0 Å². The van der Waals surface area contributed by atoms with Gasteiger partial charge in [-0.05, 0) is 18.7 Å². The molecule has 3 N–H and O–H groups in total. The summed E-state index contributed by atoms with van der Waals surface area (Å²) in [5.74, 6) is -0.328. The highest BCUT2D eigenvalue weighted by atomic mass is 16.5. The Morgan fingerprint density at radius 2 is 2.31 bits per heavy atom. The smallest absolute Gasteiger partial charge is 0.175 e. The number of rotatable bonds is 4. The number of nitrogens with two attached hydrogens (primary N) is 1. The molecule has 0 aliphatic carbocycles. The number of Topliss-reactive ketones (excluding diaryl/α,β-unsaturated/α-hetero) is 1. The Morgan fingerprint density at radius 1 is 1.62 bits per heavy atom. The Kier molecular flexibility index (Phi) is 3.86. The van der Waals surface area contributed by atoms with E-state index in [0.717, 1.165) is 0 Å². The van der Waals surface area contributed by atoms with Crippen molar-refractivity contribution in [3.63, 3.8) is 0 Å². The molecule has 0 atom stereocenters. The Morgan fingerprint density at radius 3 is 2.81 bits per heavy atom. The first-order valence-corrected chi connectivity index (χ1v) is 4.68. The Balaban J connectivity index is 3.23. The molecule has 0 spiro atoms. The molecule has 1 aromatic carbocycles. The van der Waals surface area contributed by atoms with E-state index in [9.17, 15) is 9.90 Å². The van der Waals surface area contributed by atoms with Crippen molar-refractivity contribution >= 4 is 5.78 Å². The van der Waals surface area contributed by atoms with E-state index in [1.165, 1.54) is 19.2 Å². The number of ether oxygens (including phenoxy) is 1. The molecule has 0 aliphatic rings. The lowest BCUT2D eigenvalue weighted by Crippen LogP contribution is -2.08. The number of phenols is 1. The van der Waals surface area contributed by atoms with Crippen LogP contribution < -0.4 is 10.5 Å². The molecule has 84 valence electrons. The molecule has 0 saturated carbocycles. The SMILES string of the molecule is COc1cc(C(=O)CCN)cc(C#N)c1O. The number of nitrogens with zero attached hydrogens (tertiary/aromatic N) is 1. The fourth-order valence-corrected chi connectivity index (χ4v) is 1.29. The molecule has 1 aromatic rings. The van der Waals surface area contributed by atoms with Crippen LogP contribution in [0.2, 0.25) is 0 Å². The van der Waals surface area contributed by atoms with Gasteiger partial charge in [0.05, 0.1) is 12.7 Å². The molecule has 0 saturated heterocycles. The predicted molar refractivity (Wildman–Crippen MR) is 57.4 cm³/mol. The van der Waals surface area contributed by atoms with Crippen molar-refractivity contribution < 1.29 is 14.6 Å². The zero-order chi connectivity index (χ0) is 12.1. The quantitative estimate of drug-likeness (QED) is 0.732. The first-order chi connectivity index (χ1) is 7.63.